The number of carbonyl (C=O) groups is 2. The predicted molar refractivity (Wildman–Crippen MR) is 97.3 cm³/mol. The predicted octanol–water partition coefficient (Wildman–Crippen LogP) is 3.23. The van der Waals surface area contributed by atoms with Crippen LogP contribution in [0.25, 0.3) is 0 Å². The molecule has 1 atom stereocenters. The number of halogens is 1. The van der Waals surface area contributed by atoms with Crippen molar-refractivity contribution < 1.29 is 14.3 Å². The summed E-state index contributed by atoms with van der Waals surface area (Å²) in [5.41, 5.74) is 1.13. The second-order valence-corrected chi connectivity index (χ2v) is 6.22. The van der Waals surface area contributed by atoms with E-state index in [1.165, 1.54) is 7.11 Å². The molecular formula is C19H19ClN2O3. The maximum Gasteiger partial charge on any atom is 0.258 e. The topological polar surface area (TPSA) is 49.9 Å². The van der Waals surface area contributed by atoms with Gasteiger partial charge in [-0.1, -0.05) is 35.9 Å². The molecule has 3 rings (SSSR count). The highest BCUT2D eigenvalue weighted by molar-refractivity contribution is 6.33. The second-order valence-electron chi connectivity index (χ2n) is 5.82. The number of benzene rings is 2. The van der Waals surface area contributed by atoms with E-state index in [1.807, 2.05) is 18.2 Å². The number of amides is 2. The molecule has 2 aromatic carbocycles. The molecule has 0 aromatic heterocycles. The fourth-order valence-electron chi connectivity index (χ4n) is 3.03. The molecule has 0 radical (unpaired) electrons. The molecule has 25 heavy (non-hydrogen) atoms. The van der Waals surface area contributed by atoms with E-state index in [-0.39, 0.29) is 11.8 Å². The molecule has 1 aliphatic heterocycles. The summed E-state index contributed by atoms with van der Waals surface area (Å²) in [5, 5.41) is 0.521. The van der Waals surface area contributed by atoms with Crippen LogP contribution in [0.4, 0.5) is 5.69 Å². The van der Waals surface area contributed by atoms with Gasteiger partial charge < -0.3 is 14.5 Å². The molecule has 1 heterocycles. The summed E-state index contributed by atoms with van der Waals surface area (Å²) in [5.74, 6) is 0.139. The van der Waals surface area contributed by atoms with Gasteiger partial charge in [-0.2, -0.15) is 0 Å². The van der Waals surface area contributed by atoms with Crippen LogP contribution >= 0.6 is 11.6 Å². The maximum absolute atomic E-state index is 12.9. The first-order valence-corrected chi connectivity index (χ1v) is 8.42. The minimum absolute atomic E-state index is 0.150. The second kappa shape index (κ2) is 7.15. The zero-order chi connectivity index (χ0) is 18.0. The molecule has 0 aliphatic carbocycles. The minimum Gasteiger partial charge on any atom is -0.496 e. The van der Waals surface area contributed by atoms with Gasteiger partial charge in [0.1, 0.15) is 11.8 Å². The lowest BCUT2D eigenvalue weighted by atomic mass is 10.1. The van der Waals surface area contributed by atoms with Crippen molar-refractivity contribution in [2.24, 2.45) is 0 Å². The molecule has 2 aromatic rings. The van der Waals surface area contributed by atoms with Crippen LogP contribution in [0.3, 0.4) is 0 Å². The van der Waals surface area contributed by atoms with E-state index in [2.05, 4.69) is 0 Å². The van der Waals surface area contributed by atoms with Gasteiger partial charge >= 0.3 is 0 Å². The van der Waals surface area contributed by atoms with E-state index in [1.54, 1.807) is 47.1 Å². The Balaban J connectivity index is 1.85. The van der Waals surface area contributed by atoms with E-state index in [0.717, 1.165) is 0 Å². The third kappa shape index (κ3) is 3.20. The van der Waals surface area contributed by atoms with E-state index in [4.69, 9.17) is 16.3 Å². The van der Waals surface area contributed by atoms with Gasteiger partial charge in [0, 0.05) is 13.1 Å². The number of para-hydroxylation sites is 2. The Morgan fingerprint density at radius 2 is 1.80 bits per heavy atom. The third-order valence-electron chi connectivity index (χ3n) is 4.40. The molecule has 130 valence electrons. The average Bonchev–Trinajstić information content (AvgIpc) is 2.64. The SMILES string of the molecule is COc1ccccc1C(=O)N1CCN(c2ccccc2Cl)C(=O)[C@@H]1C. The monoisotopic (exact) mass is 358 g/mol. The molecular weight excluding hydrogens is 340 g/mol. The molecule has 6 heteroatoms. The fraction of sp³-hybridized carbons (Fsp3) is 0.263. The molecule has 0 bridgehead atoms. The Morgan fingerprint density at radius 1 is 1.12 bits per heavy atom. The van der Waals surface area contributed by atoms with E-state index >= 15 is 0 Å². The Bertz CT molecular complexity index is 809. The highest BCUT2D eigenvalue weighted by Gasteiger charge is 2.36. The van der Waals surface area contributed by atoms with Crippen LogP contribution in [0.2, 0.25) is 5.02 Å². The first kappa shape index (κ1) is 17.3. The lowest BCUT2D eigenvalue weighted by Gasteiger charge is -2.39. The van der Waals surface area contributed by atoms with Crippen molar-refractivity contribution in [1.82, 2.24) is 4.90 Å². The minimum atomic E-state index is -0.581. The summed E-state index contributed by atoms with van der Waals surface area (Å²) in [4.78, 5) is 28.9. The Kier molecular flexibility index (Phi) is 4.95. The van der Waals surface area contributed by atoms with Gasteiger partial charge in [-0.05, 0) is 31.2 Å². The lowest BCUT2D eigenvalue weighted by Crippen LogP contribution is -2.57. The van der Waals surface area contributed by atoms with Crippen molar-refractivity contribution in [2.45, 2.75) is 13.0 Å². The smallest absolute Gasteiger partial charge is 0.258 e. The van der Waals surface area contributed by atoms with Gasteiger partial charge in [0.05, 0.1) is 23.4 Å². The number of nitrogens with zero attached hydrogens (tertiary/aromatic N) is 2. The molecule has 1 fully saturated rings. The van der Waals surface area contributed by atoms with Gasteiger partial charge in [-0.25, -0.2) is 0 Å². The quantitative estimate of drug-likeness (QED) is 0.846. The maximum atomic E-state index is 12.9. The Labute approximate surface area is 151 Å². The standard InChI is InChI=1S/C19H19ClN2O3/c1-13-18(23)22(16-9-5-4-8-15(16)20)12-11-21(13)19(24)14-7-3-6-10-17(14)25-2/h3-10,13H,11-12H2,1-2H3/t13-/m0/s1. The molecule has 0 spiro atoms. The zero-order valence-electron chi connectivity index (χ0n) is 14.1. The van der Waals surface area contributed by atoms with Crippen molar-refractivity contribution in [3.05, 3.63) is 59.1 Å². The summed E-state index contributed by atoms with van der Waals surface area (Å²) in [7, 11) is 1.52. The highest BCUT2D eigenvalue weighted by atomic mass is 35.5. The number of hydrogen-bond donors (Lipinski definition) is 0. The average molecular weight is 359 g/mol. The highest BCUT2D eigenvalue weighted by Crippen LogP contribution is 2.29. The molecule has 2 amide bonds. The molecule has 1 saturated heterocycles. The van der Waals surface area contributed by atoms with Crippen molar-refractivity contribution in [3.8, 4) is 5.75 Å². The van der Waals surface area contributed by atoms with Crippen molar-refractivity contribution in [3.63, 3.8) is 0 Å². The molecule has 1 aliphatic rings. The third-order valence-corrected chi connectivity index (χ3v) is 4.72. The van der Waals surface area contributed by atoms with Crippen LogP contribution in [-0.2, 0) is 4.79 Å². The molecule has 0 unspecified atom stereocenters. The van der Waals surface area contributed by atoms with Gasteiger partial charge in [0.2, 0.25) is 5.91 Å². The summed E-state index contributed by atoms with van der Waals surface area (Å²) in [6.45, 7) is 2.56. The van der Waals surface area contributed by atoms with Gasteiger partial charge in [-0.15, -0.1) is 0 Å². The number of piperazine rings is 1. The lowest BCUT2D eigenvalue weighted by molar-refractivity contribution is -0.124. The normalized spacial score (nSPS) is 17.6. The number of rotatable bonds is 3. The zero-order valence-corrected chi connectivity index (χ0v) is 14.9. The van der Waals surface area contributed by atoms with E-state index in [9.17, 15) is 9.59 Å². The number of ether oxygens (including phenoxy) is 1. The Hall–Kier alpha value is -2.53. The summed E-state index contributed by atoms with van der Waals surface area (Å²) in [6.07, 6.45) is 0. The van der Waals surface area contributed by atoms with Crippen LogP contribution in [0.1, 0.15) is 17.3 Å². The Morgan fingerprint density at radius 3 is 2.52 bits per heavy atom. The van der Waals surface area contributed by atoms with Crippen molar-refractivity contribution >= 4 is 29.1 Å². The summed E-state index contributed by atoms with van der Waals surface area (Å²) in [6, 6.07) is 13.7. The van der Waals surface area contributed by atoms with Gasteiger partial charge in [-0.3, -0.25) is 9.59 Å². The van der Waals surface area contributed by atoms with Gasteiger partial charge in [0.15, 0.2) is 0 Å². The molecule has 0 N–H and O–H groups in total. The first-order valence-electron chi connectivity index (χ1n) is 8.04. The first-order chi connectivity index (χ1) is 12.0. The van der Waals surface area contributed by atoms with Crippen LogP contribution in [0.15, 0.2) is 48.5 Å². The van der Waals surface area contributed by atoms with Gasteiger partial charge in [0.25, 0.3) is 5.91 Å². The van der Waals surface area contributed by atoms with E-state index < -0.39 is 6.04 Å². The van der Waals surface area contributed by atoms with E-state index in [0.29, 0.717) is 35.1 Å². The van der Waals surface area contributed by atoms with Crippen molar-refractivity contribution in [1.29, 1.82) is 0 Å². The van der Waals surface area contributed by atoms with Crippen LogP contribution in [0.5, 0.6) is 5.75 Å². The number of hydrogen-bond acceptors (Lipinski definition) is 3. The fourth-order valence-corrected chi connectivity index (χ4v) is 3.27. The summed E-state index contributed by atoms with van der Waals surface area (Å²) >= 11 is 6.21. The van der Waals surface area contributed by atoms with Crippen LogP contribution in [0, 0.1) is 0 Å². The van der Waals surface area contributed by atoms with Crippen LogP contribution in [-0.4, -0.2) is 43.0 Å². The van der Waals surface area contributed by atoms with Crippen LogP contribution < -0.4 is 9.64 Å². The molecule has 5 nitrogen and oxygen atoms in total. The summed E-state index contributed by atoms with van der Waals surface area (Å²) < 4.78 is 5.27. The largest absolute Gasteiger partial charge is 0.496 e. The number of carbonyl (C=O) groups excluding carboxylic acids is 2. The molecule has 0 saturated carbocycles. The number of anilines is 1. The van der Waals surface area contributed by atoms with Crippen molar-refractivity contribution in [2.75, 3.05) is 25.1 Å². The number of methoxy groups -OCH3 is 1.